The molecule has 3 rings (SSSR count). The highest BCUT2D eigenvalue weighted by molar-refractivity contribution is 5.79. The Morgan fingerprint density at radius 1 is 1.10 bits per heavy atom. The molecule has 0 bridgehead atoms. The van der Waals surface area contributed by atoms with Crippen LogP contribution in [-0.2, 0) is 6.54 Å². The van der Waals surface area contributed by atoms with Crippen molar-refractivity contribution in [1.82, 2.24) is 10.3 Å². The molecule has 2 nitrogen and oxygen atoms in total. The van der Waals surface area contributed by atoms with Gasteiger partial charge in [-0.05, 0) is 59.2 Å². The molecule has 1 saturated carbocycles. The summed E-state index contributed by atoms with van der Waals surface area (Å²) in [5.74, 6) is 0. The van der Waals surface area contributed by atoms with Gasteiger partial charge in [0.2, 0.25) is 0 Å². The van der Waals surface area contributed by atoms with Crippen LogP contribution in [0.5, 0.6) is 0 Å². The average molecular weight is 284 g/mol. The highest BCUT2D eigenvalue weighted by atomic mass is 14.9. The van der Waals surface area contributed by atoms with Gasteiger partial charge in [-0.25, -0.2) is 0 Å². The van der Waals surface area contributed by atoms with Crippen LogP contribution in [0.3, 0.4) is 0 Å². The molecule has 114 valence electrons. The van der Waals surface area contributed by atoms with Crippen molar-refractivity contribution < 1.29 is 0 Å². The second-order valence-corrected chi connectivity index (χ2v) is 8.39. The number of hydrogen-bond donors (Lipinski definition) is 2. The molecule has 21 heavy (non-hydrogen) atoms. The molecule has 0 spiro atoms. The molecular formula is C19H28N2. The normalized spacial score (nSPS) is 21.7. The molecule has 0 aliphatic heterocycles. The molecule has 1 aliphatic rings. The first-order valence-electron chi connectivity index (χ1n) is 8.13. The van der Waals surface area contributed by atoms with E-state index in [9.17, 15) is 0 Å². The third-order valence-electron chi connectivity index (χ3n) is 4.77. The smallest absolute Gasteiger partial charge is 0.0454 e. The number of aromatic amines is 1. The van der Waals surface area contributed by atoms with Crippen LogP contribution >= 0.6 is 0 Å². The van der Waals surface area contributed by atoms with Crippen LogP contribution in [-0.4, -0.2) is 11.0 Å². The first-order valence-corrected chi connectivity index (χ1v) is 8.13. The lowest BCUT2D eigenvalue weighted by Gasteiger charge is -2.45. The van der Waals surface area contributed by atoms with Gasteiger partial charge in [0.1, 0.15) is 0 Å². The maximum absolute atomic E-state index is 3.80. The van der Waals surface area contributed by atoms with Crippen molar-refractivity contribution >= 4 is 10.9 Å². The summed E-state index contributed by atoms with van der Waals surface area (Å²) in [6, 6.07) is 9.47. The molecule has 0 amide bonds. The van der Waals surface area contributed by atoms with E-state index < -0.39 is 0 Å². The molecular weight excluding hydrogens is 256 g/mol. The van der Waals surface area contributed by atoms with E-state index in [4.69, 9.17) is 0 Å². The van der Waals surface area contributed by atoms with Gasteiger partial charge in [-0.1, -0.05) is 33.8 Å². The topological polar surface area (TPSA) is 27.8 Å². The molecule has 1 aromatic heterocycles. The van der Waals surface area contributed by atoms with Crippen molar-refractivity contribution in [3.8, 4) is 0 Å². The zero-order chi connectivity index (χ0) is 15.1. The van der Waals surface area contributed by atoms with Crippen molar-refractivity contribution in [2.75, 3.05) is 0 Å². The van der Waals surface area contributed by atoms with Crippen LogP contribution < -0.4 is 5.32 Å². The minimum absolute atomic E-state index is 0.448. The second kappa shape index (κ2) is 5.17. The van der Waals surface area contributed by atoms with Gasteiger partial charge in [0, 0.05) is 24.3 Å². The van der Waals surface area contributed by atoms with Crippen molar-refractivity contribution in [3.63, 3.8) is 0 Å². The third-order valence-corrected chi connectivity index (χ3v) is 4.77. The summed E-state index contributed by atoms with van der Waals surface area (Å²) < 4.78 is 0. The summed E-state index contributed by atoms with van der Waals surface area (Å²) in [6.07, 6.45) is 5.90. The van der Waals surface area contributed by atoms with Gasteiger partial charge in [0.15, 0.2) is 0 Å². The van der Waals surface area contributed by atoms with Gasteiger partial charge < -0.3 is 10.3 Å². The molecule has 0 atom stereocenters. The van der Waals surface area contributed by atoms with E-state index in [0.29, 0.717) is 16.9 Å². The van der Waals surface area contributed by atoms with Crippen molar-refractivity contribution in [3.05, 3.63) is 36.0 Å². The number of H-pyrrole nitrogens is 1. The highest BCUT2D eigenvalue weighted by Gasteiger charge is 2.38. The van der Waals surface area contributed by atoms with Crippen LogP contribution in [0.25, 0.3) is 10.9 Å². The van der Waals surface area contributed by atoms with E-state index in [-0.39, 0.29) is 0 Å². The molecule has 2 heteroatoms. The summed E-state index contributed by atoms with van der Waals surface area (Å²) >= 11 is 0. The fraction of sp³-hybridized carbons (Fsp3) is 0.579. The van der Waals surface area contributed by atoms with Gasteiger partial charge in [0.25, 0.3) is 0 Å². The third kappa shape index (κ3) is 3.49. The van der Waals surface area contributed by atoms with Crippen molar-refractivity contribution in [1.29, 1.82) is 0 Å². The van der Waals surface area contributed by atoms with Crippen LogP contribution in [0.15, 0.2) is 30.5 Å². The summed E-state index contributed by atoms with van der Waals surface area (Å²) in [6.45, 7) is 10.6. The molecule has 0 radical (unpaired) electrons. The standard InChI is InChI=1S/C19H28N2/c1-18(2)10-16(11-19(3,4)13-18)21-12-14-5-6-17-15(9-14)7-8-20-17/h5-9,16,20-21H,10-13H2,1-4H3. The van der Waals surface area contributed by atoms with E-state index >= 15 is 0 Å². The Morgan fingerprint density at radius 2 is 1.81 bits per heavy atom. The predicted molar refractivity (Wildman–Crippen MR) is 90.3 cm³/mol. The zero-order valence-electron chi connectivity index (χ0n) is 13.8. The van der Waals surface area contributed by atoms with Crippen molar-refractivity contribution in [2.45, 2.75) is 59.5 Å². The zero-order valence-corrected chi connectivity index (χ0v) is 13.8. The maximum Gasteiger partial charge on any atom is 0.0454 e. The van der Waals surface area contributed by atoms with E-state index in [2.05, 4.69) is 62.3 Å². The predicted octanol–water partition coefficient (Wildman–Crippen LogP) is 4.86. The monoisotopic (exact) mass is 284 g/mol. The Kier molecular flexibility index (Phi) is 3.61. The highest BCUT2D eigenvalue weighted by Crippen LogP contribution is 2.45. The van der Waals surface area contributed by atoms with Crippen LogP contribution in [0.4, 0.5) is 0 Å². The molecule has 2 N–H and O–H groups in total. The molecule has 1 aliphatic carbocycles. The van der Waals surface area contributed by atoms with Crippen molar-refractivity contribution in [2.24, 2.45) is 10.8 Å². The Balaban J connectivity index is 1.66. The maximum atomic E-state index is 3.80. The number of hydrogen-bond acceptors (Lipinski definition) is 1. The quantitative estimate of drug-likeness (QED) is 0.827. The molecule has 0 saturated heterocycles. The minimum atomic E-state index is 0.448. The minimum Gasteiger partial charge on any atom is -0.361 e. The van der Waals surface area contributed by atoms with Crippen LogP contribution in [0.1, 0.15) is 52.5 Å². The lowest BCUT2D eigenvalue weighted by molar-refractivity contribution is 0.0845. The van der Waals surface area contributed by atoms with E-state index in [1.54, 1.807) is 0 Å². The van der Waals surface area contributed by atoms with Gasteiger partial charge in [-0.15, -0.1) is 0 Å². The molecule has 2 aromatic rings. The first kappa shape index (κ1) is 14.6. The van der Waals surface area contributed by atoms with E-state index in [0.717, 1.165) is 6.54 Å². The lowest BCUT2D eigenvalue weighted by Crippen LogP contribution is -2.43. The fourth-order valence-corrected chi connectivity index (χ4v) is 4.47. The SMILES string of the molecule is CC1(C)CC(NCc2ccc3[nH]ccc3c2)CC(C)(C)C1. The van der Waals surface area contributed by atoms with Gasteiger partial charge >= 0.3 is 0 Å². The summed E-state index contributed by atoms with van der Waals surface area (Å²) in [5.41, 5.74) is 3.50. The van der Waals surface area contributed by atoms with Gasteiger partial charge in [-0.2, -0.15) is 0 Å². The number of aromatic nitrogens is 1. The number of nitrogens with one attached hydrogen (secondary N) is 2. The molecule has 1 aromatic carbocycles. The Hall–Kier alpha value is -1.28. The van der Waals surface area contributed by atoms with Crippen LogP contribution in [0.2, 0.25) is 0 Å². The summed E-state index contributed by atoms with van der Waals surface area (Å²) in [7, 11) is 0. The van der Waals surface area contributed by atoms with Gasteiger partial charge in [0.05, 0.1) is 0 Å². The first-order chi connectivity index (χ1) is 9.83. The van der Waals surface area contributed by atoms with Crippen LogP contribution in [0, 0.1) is 10.8 Å². The average Bonchev–Trinajstić information content (AvgIpc) is 2.79. The Labute approximate surface area is 128 Å². The second-order valence-electron chi connectivity index (χ2n) is 8.39. The Morgan fingerprint density at radius 3 is 2.52 bits per heavy atom. The van der Waals surface area contributed by atoms with E-state index in [1.807, 2.05) is 6.20 Å². The Bertz CT molecular complexity index is 605. The lowest BCUT2D eigenvalue weighted by atomic mass is 9.63. The number of benzene rings is 1. The summed E-state index contributed by atoms with van der Waals surface area (Å²) in [4.78, 5) is 3.25. The summed E-state index contributed by atoms with van der Waals surface area (Å²) in [5, 5.41) is 5.10. The largest absolute Gasteiger partial charge is 0.361 e. The molecule has 0 unspecified atom stereocenters. The van der Waals surface area contributed by atoms with Gasteiger partial charge in [-0.3, -0.25) is 0 Å². The molecule has 1 heterocycles. The number of fused-ring (bicyclic) bond motifs is 1. The fourth-order valence-electron chi connectivity index (χ4n) is 4.47. The number of rotatable bonds is 3. The molecule has 1 fully saturated rings. The van der Waals surface area contributed by atoms with E-state index in [1.165, 1.54) is 35.7 Å².